The number of nitrogens with two attached hydrogens (primary N) is 2. The second-order valence-corrected chi connectivity index (χ2v) is 31.8. The number of nitrogens with zero attached hydrogens (tertiary/aromatic N) is 1. The van der Waals surface area contributed by atoms with Crippen molar-refractivity contribution < 1.29 is 111 Å². The largest absolute Gasteiger partial charge is 0.480 e. The Labute approximate surface area is 733 Å². The second-order valence-electron chi connectivity index (χ2n) is 29.6. The van der Waals surface area contributed by atoms with Gasteiger partial charge in [0.25, 0.3) is 11.8 Å². The highest BCUT2D eigenvalue weighted by Crippen LogP contribution is 2.36. The Morgan fingerprint density at radius 3 is 1.18 bits per heavy atom. The molecule has 2 unspecified atom stereocenters. The van der Waals surface area contributed by atoms with Crippen molar-refractivity contribution in [1.29, 1.82) is 0 Å². The van der Waals surface area contributed by atoms with Crippen LogP contribution in [0.3, 0.4) is 0 Å². The molecule has 4 rings (SSSR count). The summed E-state index contributed by atoms with van der Waals surface area (Å²) >= 11 is 2.14. The standard InChI is InChI=1S/C85H128N14O23S2/c1-58(2)75(81(110)94-60(4)78(107)95-63-29-27-59(3)28-30-63)98-74(106)57-99-82(111)76(123-51-49-121-47-45-119-43-41-117-39-37-90-79(108)66(53-61-21-13-11-14-22-61)96-72(104)55-92-68(100)25-17-7-5-9-19-35-88-70(102)33-31-64(86)84(113)114)77(83(99)112)124-52-50-122-48-46-120-44-42-118-40-38-91-80(109)67(54-62-23-15-12-16-24-62)97-73(105)56-93-69(101)26-18-8-6-10-20-36-89-71(103)34-32-65(87)85(115)116/h11-16,21-24,27-30,58,60,64-67,75H,5-10,17-20,25-26,31-57,86-87H2,1-4H3,(H,88,102)(H,89,103)(H,90,108)(H,91,109)(H,92,100)(H,93,101)(H,94,110)(H,95,107)(H,96,104)(H,97,105)(H,98,106)(H,113,114)(H,115,116)/t60-,64?,65?,66-,67-,75-/m0/s1. The number of nitrogens with one attached hydrogen (secondary N) is 11. The molecule has 0 bridgehead atoms. The quantitative estimate of drug-likeness (QED) is 0.0284. The Balaban J connectivity index is 1.16. The molecule has 0 saturated carbocycles. The number of anilines is 1. The lowest BCUT2D eigenvalue weighted by Gasteiger charge is -2.25. The topological polar surface area (TPSA) is 539 Å². The lowest BCUT2D eigenvalue weighted by molar-refractivity contribution is -0.142. The van der Waals surface area contributed by atoms with Crippen molar-refractivity contribution in [2.24, 2.45) is 17.4 Å². The van der Waals surface area contributed by atoms with Crippen molar-refractivity contribution in [3.63, 3.8) is 0 Å². The number of carbonyl (C=O) groups excluding carboxylic acids is 13. The average molecular weight is 1780 g/mol. The van der Waals surface area contributed by atoms with Crippen LogP contribution in [0.15, 0.2) is 94.7 Å². The highest BCUT2D eigenvalue weighted by atomic mass is 32.2. The zero-order valence-corrected chi connectivity index (χ0v) is 73.2. The molecule has 3 aromatic carbocycles. The molecule has 6 atom stereocenters. The Morgan fingerprint density at radius 2 is 0.774 bits per heavy atom. The number of carbonyl (C=O) groups is 15. The molecule has 0 radical (unpaired) electrons. The molecule has 39 heteroatoms. The molecule has 37 nitrogen and oxygen atoms in total. The number of aryl methyl sites for hydroxylation is 1. The van der Waals surface area contributed by atoms with Crippen molar-refractivity contribution in [2.75, 3.05) is 142 Å². The van der Waals surface area contributed by atoms with Crippen molar-refractivity contribution in [3.05, 3.63) is 111 Å². The molecular formula is C85H128N14O23S2. The summed E-state index contributed by atoms with van der Waals surface area (Å²) < 4.78 is 34.3. The summed E-state index contributed by atoms with van der Waals surface area (Å²) in [5, 5.41) is 47.5. The number of aliphatic carboxylic acids is 2. The Bertz CT molecular complexity index is 3650. The average Bonchev–Trinajstić information content (AvgIpc) is 1.64. The van der Waals surface area contributed by atoms with Gasteiger partial charge in [-0.05, 0) is 81.5 Å². The van der Waals surface area contributed by atoms with Crippen LogP contribution in [-0.2, 0) is 113 Å². The highest BCUT2D eigenvalue weighted by molar-refractivity contribution is 8.08. The minimum atomic E-state index is -1.16. The third kappa shape index (κ3) is 47.8. The molecule has 688 valence electrons. The summed E-state index contributed by atoms with van der Waals surface area (Å²) in [5.74, 6) is -8.83. The van der Waals surface area contributed by atoms with Crippen LogP contribution in [0.1, 0.15) is 140 Å². The molecule has 1 aliphatic heterocycles. The van der Waals surface area contributed by atoms with Gasteiger partial charge in [-0.2, -0.15) is 0 Å². The monoisotopic (exact) mass is 1780 g/mol. The minimum absolute atomic E-state index is 0.0293. The summed E-state index contributed by atoms with van der Waals surface area (Å²) in [6.07, 6.45) is 8.38. The van der Waals surface area contributed by atoms with Gasteiger partial charge in [-0.1, -0.05) is 131 Å². The normalized spacial score (nSPS) is 13.3. The summed E-state index contributed by atoms with van der Waals surface area (Å²) in [7, 11) is 0. The molecule has 17 N–H and O–H groups in total. The first-order chi connectivity index (χ1) is 59.6. The van der Waals surface area contributed by atoms with E-state index in [1.54, 1.807) is 26.0 Å². The van der Waals surface area contributed by atoms with Gasteiger partial charge in [0.1, 0.15) is 42.8 Å². The molecular weight excluding hydrogens is 1650 g/mol. The van der Waals surface area contributed by atoms with Crippen LogP contribution in [0.4, 0.5) is 5.69 Å². The second kappa shape index (κ2) is 63.9. The summed E-state index contributed by atoms with van der Waals surface area (Å²) in [6, 6.07) is 19.1. The SMILES string of the molecule is Cc1ccc(NC(=O)[C@H](C)NC(=O)[C@@H](NC(=O)CN2C(=O)C(SCCOCCOCCOCCNC(=O)[C@H](Cc3ccccc3)NC(=O)CNC(=O)CCCCCCCNC(=O)CCC(N)C(=O)O)=C(SCCOCCOCCOCCNC(=O)[C@H](Cc3ccccc3)NC(=O)CNC(=O)CCCCCCCNC(=O)CCC(N)C(=O)O)C2=O)C(C)C)cc1. The minimum Gasteiger partial charge on any atom is -0.480 e. The number of carboxylic acid groups (broad SMARTS) is 2. The fraction of sp³-hybridized carbons (Fsp3) is 0.588. The summed E-state index contributed by atoms with van der Waals surface area (Å²) in [6.45, 7) is 8.54. The van der Waals surface area contributed by atoms with Gasteiger partial charge >= 0.3 is 11.9 Å². The van der Waals surface area contributed by atoms with E-state index in [0.29, 0.717) is 31.6 Å². The zero-order valence-electron chi connectivity index (χ0n) is 71.6. The van der Waals surface area contributed by atoms with E-state index < -0.39 is 114 Å². The van der Waals surface area contributed by atoms with E-state index in [2.05, 4.69) is 58.5 Å². The smallest absolute Gasteiger partial charge is 0.320 e. The molecule has 1 aliphatic rings. The zero-order chi connectivity index (χ0) is 90.7. The lowest BCUT2D eigenvalue weighted by atomic mass is 10.0. The van der Waals surface area contributed by atoms with Gasteiger partial charge in [-0.25, -0.2) is 0 Å². The van der Waals surface area contributed by atoms with Crippen LogP contribution in [0.2, 0.25) is 0 Å². The van der Waals surface area contributed by atoms with Crippen molar-refractivity contribution in [1.82, 2.24) is 58.1 Å². The maximum atomic E-state index is 14.1. The Hall–Kier alpha value is -9.97. The van der Waals surface area contributed by atoms with Crippen LogP contribution in [0.25, 0.3) is 0 Å². The molecule has 3 aromatic rings. The number of imide groups is 1. The third-order valence-corrected chi connectivity index (χ3v) is 21.0. The van der Waals surface area contributed by atoms with Crippen molar-refractivity contribution in [3.8, 4) is 0 Å². The fourth-order valence-electron chi connectivity index (χ4n) is 11.8. The van der Waals surface area contributed by atoms with Crippen LogP contribution < -0.4 is 70.0 Å². The molecule has 0 aliphatic carbocycles. The predicted molar refractivity (Wildman–Crippen MR) is 465 cm³/mol. The van der Waals surface area contributed by atoms with E-state index in [1.807, 2.05) is 79.7 Å². The van der Waals surface area contributed by atoms with Gasteiger partial charge < -0.3 is 109 Å². The first-order valence-electron chi connectivity index (χ1n) is 42.2. The maximum absolute atomic E-state index is 14.1. The van der Waals surface area contributed by atoms with E-state index >= 15 is 0 Å². The molecule has 0 saturated heterocycles. The van der Waals surface area contributed by atoms with Crippen molar-refractivity contribution >= 4 is 118 Å². The van der Waals surface area contributed by atoms with E-state index in [-0.39, 0.29) is 202 Å². The number of rotatable bonds is 70. The first-order valence-corrected chi connectivity index (χ1v) is 44.1. The molecule has 0 aromatic heterocycles. The van der Waals surface area contributed by atoms with Gasteiger partial charge in [0.2, 0.25) is 65.0 Å². The van der Waals surface area contributed by atoms with Gasteiger partial charge in [-0.3, -0.25) is 76.8 Å². The number of hydrogen-bond donors (Lipinski definition) is 15. The lowest BCUT2D eigenvalue weighted by Crippen LogP contribution is -2.55. The molecule has 1 heterocycles. The number of benzene rings is 3. The maximum Gasteiger partial charge on any atom is 0.320 e. The molecule has 13 amide bonds. The van der Waals surface area contributed by atoms with E-state index in [4.69, 9.17) is 50.1 Å². The Kier molecular flexibility index (Phi) is 54.8. The van der Waals surface area contributed by atoms with E-state index in [1.165, 1.54) is 6.92 Å². The predicted octanol–water partition coefficient (Wildman–Crippen LogP) is 1.94. The van der Waals surface area contributed by atoms with Crippen LogP contribution >= 0.6 is 23.5 Å². The highest BCUT2D eigenvalue weighted by Gasteiger charge is 2.41. The van der Waals surface area contributed by atoms with Gasteiger partial charge in [0.15, 0.2) is 0 Å². The first kappa shape index (κ1) is 106. The van der Waals surface area contributed by atoms with Gasteiger partial charge in [-0.15, -0.1) is 23.5 Å². The fourth-order valence-corrected chi connectivity index (χ4v) is 13.9. The van der Waals surface area contributed by atoms with E-state index in [9.17, 15) is 71.9 Å². The number of unbranched alkanes of at least 4 members (excludes halogenated alkanes) is 8. The molecule has 0 spiro atoms. The van der Waals surface area contributed by atoms with Crippen LogP contribution in [-0.4, -0.2) is 277 Å². The number of carboxylic acids is 2. The van der Waals surface area contributed by atoms with Gasteiger partial charge in [0, 0.05) is 81.9 Å². The summed E-state index contributed by atoms with van der Waals surface area (Å²) in [4.78, 5) is 193. The Morgan fingerprint density at radius 1 is 0.395 bits per heavy atom. The summed E-state index contributed by atoms with van der Waals surface area (Å²) in [5.41, 5.74) is 14.0. The van der Waals surface area contributed by atoms with Crippen molar-refractivity contribution in [2.45, 2.75) is 180 Å². The van der Waals surface area contributed by atoms with Crippen LogP contribution in [0, 0.1) is 12.8 Å². The number of amides is 13. The third-order valence-electron chi connectivity index (χ3n) is 18.8. The number of thioether (sulfide) groups is 2. The number of hydrogen-bond acceptors (Lipinski definition) is 25. The molecule has 0 fully saturated rings. The molecule has 124 heavy (non-hydrogen) atoms. The van der Waals surface area contributed by atoms with Gasteiger partial charge in [0.05, 0.1) is 102 Å². The number of ether oxygens (including phenoxy) is 6. The van der Waals surface area contributed by atoms with Crippen LogP contribution in [0.5, 0.6) is 0 Å². The van der Waals surface area contributed by atoms with E-state index in [0.717, 1.165) is 96.5 Å².